The molecule has 106 valence electrons. The van der Waals surface area contributed by atoms with Crippen molar-refractivity contribution in [2.24, 2.45) is 0 Å². The van der Waals surface area contributed by atoms with Gasteiger partial charge in [-0.15, -0.1) is 0 Å². The predicted molar refractivity (Wildman–Crippen MR) is 83.1 cm³/mol. The van der Waals surface area contributed by atoms with Crippen molar-refractivity contribution in [3.8, 4) is 0 Å². The average Bonchev–Trinajstić information content (AvgIpc) is 2.42. The van der Waals surface area contributed by atoms with E-state index in [1.807, 2.05) is 11.8 Å². The Morgan fingerprint density at radius 2 is 2.05 bits per heavy atom. The number of anilines is 2. The van der Waals surface area contributed by atoms with Gasteiger partial charge in [-0.3, -0.25) is 0 Å². The van der Waals surface area contributed by atoms with Gasteiger partial charge in [0, 0.05) is 11.3 Å². The molecule has 0 atom stereocenters. The number of hydrogen-bond donors (Lipinski definition) is 3. The van der Waals surface area contributed by atoms with E-state index < -0.39 is 5.97 Å². The molecule has 0 bridgehead atoms. The molecule has 0 spiro atoms. The highest BCUT2D eigenvalue weighted by molar-refractivity contribution is 8.00. The molecule has 1 aromatic carbocycles. The van der Waals surface area contributed by atoms with Gasteiger partial charge in [0.15, 0.2) is 0 Å². The third-order valence-corrected chi connectivity index (χ3v) is 5.21. The number of nitrogens with two attached hydrogens (primary N) is 1. The van der Waals surface area contributed by atoms with Crippen LogP contribution in [0.3, 0.4) is 0 Å². The van der Waals surface area contributed by atoms with Gasteiger partial charge in [0.1, 0.15) is 0 Å². The fourth-order valence-corrected chi connectivity index (χ4v) is 2.77. The molecule has 1 aromatic rings. The largest absolute Gasteiger partial charge is 0.478 e. The molecule has 0 aliphatic heterocycles. The molecule has 0 aliphatic carbocycles. The van der Waals surface area contributed by atoms with E-state index >= 15 is 0 Å². The van der Waals surface area contributed by atoms with Gasteiger partial charge in [-0.2, -0.15) is 11.8 Å². The Balaban J connectivity index is 2.80. The maximum Gasteiger partial charge on any atom is 0.335 e. The molecule has 4 N–H and O–H groups in total. The normalized spacial score (nSPS) is 11.3. The second-order valence-corrected chi connectivity index (χ2v) is 5.83. The van der Waals surface area contributed by atoms with Gasteiger partial charge >= 0.3 is 5.97 Å². The first-order chi connectivity index (χ1) is 8.98. The molecular weight excluding hydrogens is 260 g/mol. The van der Waals surface area contributed by atoms with E-state index in [0.717, 1.165) is 25.1 Å². The van der Waals surface area contributed by atoms with Crippen LogP contribution in [-0.4, -0.2) is 28.6 Å². The van der Waals surface area contributed by atoms with E-state index in [0.29, 0.717) is 5.69 Å². The summed E-state index contributed by atoms with van der Waals surface area (Å²) >= 11 is 1.85. The van der Waals surface area contributed by atoms with Crippen LogP contribution >= 0.6 is 11.8 Å². The minimum atomic E-state index is -0.959. The molecule has 19 heavy (non-hydrogen) atoms. The molecule has 0 radical (unpaired) electrons. The van der Waals surface area contributed by atoms with E-state index in [1.165, 1.54) is 6.07 Å². The van der Waals surface area contributed by atoms with Gasteiger partial charge in [0.2, 0.25) is 0 Å². The molecule has 0 saturated carbocycles. The van der Waals surface area contributed by atoms with E-state index in [9.17, 15) is 4.79 Å². The summed E-state index contributed by atoms with van der Waals surface area (Å²) in [4.78, 5) is 10.8. The van der Waals surface area contributed by atoms with Gasteiger partial charge in [0.05, 0.1) is 16.9 Å². The first-order valence-electron chi connectivity index (χ1n) is 6.40. The average molecular weight is 282 g/mol. The van der Waals surface area contributed by atoms with E-state index in [1.54, 1.807) is 12.1 Å². The van der Waals surface area contributed by atoms with Crippen molar-refractivity contribution >= 4 is 29.1 Å². The van der Waals surface area contributed by atoms with E-state index in [2.05, 4.69) is 25.4 Å². The van der Waals surface area contributed by atoms with Crippen molar-refractivity contribution in [2.45, 2.75) is 31.4 Å². The molecule has 0 saturated heterocycles. The highest BCUT2D eigenvalue weighted by Gasteiger charge is 2.24. The van der Waals surface area contributed by atoms with Gasteiger partial charge in [-0.05, 0) is 37.3 Å². The summed E-state index contributed by atoms with van der Waals surface area (Å²) in [5, 5.41) is 12.2. The SMILES string of the molecule is CCC(CC)(CNc1ccc(C(=O)O)cc1N)SC. The Labute approximate surface area is 118 Å². The first kappa shape index (κ1) is 15.7. The van der Waals surface area contributed by atoms with Crippen LogP contribution in [0.4, 0.5) is 11.4 Å². The summed E-state index contributed by atoms with van der Waals surface area (Å²) in [6, 6.07) is 4.79. The van der Waals surface area contributed by atoms with Crippen LogP contribution in [0.1, 0.15) is 37.0 Å². The summed E-state index contributed by atoms with van der Waals surface area (Å²) in [7, 11) is 0. The molecule has 0 fully saturated rings. The maximum absolute atomic E-state index is 10.8. The monoisotopic (exact) mass is 282 g/mol. The third-order valence-electron chi connectivity index (χ3n) is 3.62. The lowest BCUT2D eigenvalue weighted by molar-refractivity contribution is 0.0697. The number of hydrogen-bond acceptors (Lipinski definition) is 4. The lowest BCUT2D eigenvalue weighted by atomic mass is 10.0. The zero-order valence-electron chi connectivity index (χ0n) is 11.7. The first-order valence-corrected chi connectivity index (χ1v) is 7.62. The van der Waals surface area contributed by atoms with Crippen LogP contribution in [0.15, 0.2) is 18.2 Å². The number of carboxylic acids is 1. The van der Waals surface area contributed by atoms with Gasteiger partial charge in [-0.25, -0.2) is 4.79 Å². The van der Waals surface area contributed by atoms with E-state index in [4.69, 9.17) is 10.8 Å². The quantitative estimate of drug-likeness (QED) is 0.669. The summed E-state index contributed by atoms with van der Waals surface area (Å²) in [6.45, 7) is 5.18. The highest BCUT2D eigenvalue weighted by atomic mass is 32.2. The zero-order valence-corrected chi connectivity index (χ0v) is 12.5. The zero-order chi connectivity index (χ0) is 14.5. The van der Waals surface area contributed by atoms with Crippen molar-refractivity contribution in [2.75, 3.05) is 23.9 Å². The molecule has 5 heteroatoms. The number of rotatable bonds is 7. The van der Waals surface area contributed by atoms with Crippen molar-refractivity contribution in [1.82, 2.24) is 0 Å². The third kappa shape index (κ3) is 3.80. The summed E-state index contributed by atoms with van der Waals surface area (Å²) in [5.74, 6) is -0.959. The summed E-state index contributed by atoms with van der Waals surface area (Å²) in [6.07, 6.45) is 4.27. The second-order valence-electron chi connectivity index (χ2n) is 4.55. The van der Waals surface area contributed by atoms with Crippen LogP contribution in [0.5, 0.6) is 0 Å². The van der Waals surface area contributed by atoms with Crippen molar-refractivity contribution in [3.63, 3.8) is 0 Å². The Hall–Kier alpha value is -1.36. The number of nitrogens with one attached hydrogen (secondary N) is 1. The number of nitrogen functional groups attached to an aromatic ring is 1. The van der Waals surface area contributed by atoms with E-state index in [-0.39, 0.29) is 10.3 Å². The van der Waals surface area contributed by atoms with Crippen LogP contribution in [0.25, 0.3) is 0 Å². The minimum Gasteiger partial charge on any atom is -0.478 e. The number of aromatic carboxylic acids is 1. The predicted octanol–water partition coefficient (Wildman–Crippen LogP) is 3.30. The number of carbonyl (C=O) groups is 1. The standard InChI is InChI=1S/C14H22N2O2S/c1-4-14(5-2,19-3)9-16-12-7-6-10(13(17)18)8-11(12)15/h6-8,16H,4-5,9,15H2,1-3H3,(H,17,18). The summed E-state index contributed by atoms with van der Waals surface area (Å²) < 4.78 is 0.192. The Morgan fingerprint density at radius 1 is 1.42 bits per heavy atom. The summed E-state index contributed by atoms with van der Waals surface area (Å²) in [5.41, 5.74) is 7.36. The molecule has 0 amide bonds. The fourth-order valence-electron chi connectivity index (χ4n) is 1.97. The number of carboxylic acid groups (broad SMARTS) is 1. The Morgan fingerprint density at radius 3 is 2.47 bits per heavy atom. The molecule has 0 unspecified atom stereocenters. The highest BCUT2D eigenvalue weighted by Crippen LogP contribution is 2.31. The number of thioether (sulfide) groups is 1. The van der Waals surface area contributed by atoms with Crippen molar-refractivity contribution < 1.29 is 9.90 Å². The van der Waals surface area contributed by atoms with Crippen molar-refractivity contribution in [3.05, 3.63) is 23.8 Å². The lowest BCUT2D eigenvalue weighted by Crippen LogP contribution is -2.32. The molecule has 0 aliphatic rings. The second kappa shape index (κ2) is 6.70. The van der Waals surface area contributed by atoms with Gasteiger partial charge in [-0.1, -0.05) is 13.8 Å². The van der Waals surface area contributed by atoms with Crippen LogP contribution in [0.2, 0.25) is 0 Å². The Bertz CT molecular complexity index is 437. The Kier molecular flexibility index (Phi) is 5.54. The fraction of sp³-hybridized carbons (Fsp3) is 0.500. The number of benzene rings is 1. The van der Waals surface area contributed by atoms with Crippen LogP contribution in [0, 0.1) is 0 Å². The molecular formula is C14H22N2O2S. The smallest absolute Gasteiger partial charge is 0.335 e. The molecule has 4 nitrogen and oxygen atoms in total. The minimum absolute atomic E-state index is 0.192. The molecule has 1 rings (SSSR count). The lowest BCUT2D eigenvalue weighted by Gasteiger charge is -2.30. The molecule has 0 aromatic heterocycles. The topological polar surface area (TPSA) is 75.3 Å². The molecule has 0 heterocycles. The maximum atomic E-state index is 10.8. The van der Waals surface area contributed by atoms with Crippen molar-refractivity contribution in [1.29, 1.82) is 0 Å². The van der Waals surface area contributed by atoms with Gasteiger partial charge in [0.25, 0.3) is 0 Å². The van der Waals surface area contributed by atoms with Gasteiger partial charge < -0.3 is 16.2 Å². The van der Waals surface area contributed by atoms with Crippen LogP contribution in [-0.2, 0) is 0 Å². The van der Waals surface area contributed by atoms with Crippen LogP contribution < -0.4 is 11.1 Å².